The van der Waals surface area contributed by atoms with Crippen LogP contribution in [0.2, 0.25) is 0 Å². The molecule has 0 aliphatic rings. The second-order valence-corrected chi connectivity index (χ2v) is 5.03. The molecule has 5 nitrogen and oxygen atoms in total. The molecule has 0 saturated heterocycles. The van der Waals surface area contributed by atoms with E-state index in [4.69, 9.17) is 4.74 Å². The fourth-order valence-electron chi connectivity index (χ4n) is 2.13. The first-order chi connectivity index (χ1) is 11.2. The summed E-state index contributed by atoms with van der Waals surface area (Å²) in [5, 5.41) is 5.37. The highest BCUT2D eigenvalue weighted by Gasteiger charge is 2.07. The lowest BCUT2D eigenvalue weighted by Gasteiger charge is -2.10. The van der Waals surface area contributed by atoms with Gasteiger partial charge in [0.2, 0.25) is 11.8 Å². The summed E-state index contributed by atoms with van der Waals surface area (Å²) >= 11 is 0. The summed E-state index contributed by atoms with van der Waals surface area (Å²) in [6, 6.07) is 16.9. The number of nitrogens with one attached hydrogen (secondary N) is 2. The van der Waals surface area contributed by atoms with E-state index in [1.807, 2.05) is 54.6 Å². The van der Waals surface area contributed by atoms with Crippen molar-refractivity contribution in [3.8, 4) is 5.75 Å². The maximum absolute atomic E-state index is 11.8. The number of methoxy groups -OCH3 is 1. The molecule has 0 aliphatic carbocycles. The van der Waals surface area contributed by atoms with Gasteiger partial charge in [0.25, 0.3) is 0 Å². The van der Waals surface area contributed by atoms with Gasteiger partial charge in [0.05, 0.1) is 20.1 Å². The van der Waals surface area contributed by atoms with Gasteiger partial charge in [0.15, 0.2) is 0 Å². The molecule has 23 heavy (non-hydrogen) atoms. The molecule has 0 radical (unpaired) electrons. The number of ether oxygens (including phenoxy) is 1. The van der Waals surface area contributed by atoms with E-state index < -0.39 is 0 Å². The molecule has 2 aromatic carbocycles. The Morgan fingerprint density at radius 3 is 2.35 bits per heavy atom. The van der Waals surface area contributed by atoms with Crippen molar-refractivity contribution in [3.05, 3.63) is 65.7 Å². The predicted molar refractivity (Wildman–Crippen MR) is 88.0 cm³/mol. The number of amides is 2. The van der Waals surface area contributed by atoms with Gasteiger partial charge in [-0.05, 0) is 11.6 Å². The smallest absolute Gasteiger partial charge is 0.239 e. The molecular weight excluding hydrogens is 292 g/mol. The highest BCUT2D eigenvalue weighted by atomic mass is 16.5. The summed E-state index contributed by atoms with van der Waals surface area (Å²) in [5.41, 5.74) is 1.80. The van der Waals surface area contributed by atoms with E-state index in [1.54, 1.807) is 7.11 Å². The first-order valence-corrected chi connectivity index (χ1v) is 7.38. The van der Waals surface area contributed by atoms with E-state index in [0.717, 1.165) is 16.9 Å². The van der Waals surface area contributed by atoms with Gasteiger partial charge in [0.1, 0.15) is 5.75 Å². The van der Waals surface area contributed by atoms with E-state index in [2.05, 4.69) is 10.6 Å². The number of benzene rings is 2. The summed E-state index contributed by atoms with van der Waals surface area (Å²) in [6.45, 7) is 0.318. The molecule has 2 rings (SSSR count). The minimum Gasteiger partial charge on any atom is -0.496 e. The van der Waals surface area contributed by atoms with E-state index in [1.165, 1.54) is 0 Å². The largest absolute Gasteiger partial charge is 0.496 e. The van der Waals surface area contributed by atoms with E-state index in [9.17, 15) is 9.59 Å². The number of hydrogen-bond donors (Lipinski definition) is 2. The van der Waals surface area contributed by atoms with Crippen molar-refractivity contribution in [2.45, 2.75) is 13.0 Å². The van der Waals surface area contributed by atoms with Crippen molar-refractivity contribution in [2.75, 3.05) is 13.7 Å². The molecule has 0 heterocycles. The average molecular weight is 312 g/mol. The maximum Gasteiger partial charge on any atom is 0.239 e. The molecule has 0 saturated carbocycles. The highest BCUT2D eigenvalue weighted by Crippen LogP contribution is 2.16. The second-order valence-electron chi connectivity index (χ2n) is 5.03. The lowest BCUT2D eigenvalue weighted by atomic mass is 10.1. The van der Waals surface area contributed by atoms with Gasteiger partial charge in [-0.15, -0.1) is 0 Å². The van der Waals surface area contributed by atoms with Gasteiger partial charge in [-0.2, -0.15) is 0 Å². The Bertz CT molecular complexity index is 656. The van der Waals surface area contributed by atoms with Crippen molar-refractivity contribution in [1.29, 1.82) is 0 Å². The van der Waals surface area contributed by atoms with Crippen LogP contribution >= 0.6 is 0 Å². The topological polar surface area (TPSA) is 67.4 Å². The summed E-state index contributed by atoms with van der Waals surface area (Å²) in [5.74, 6) is 0.307. The quantitative estimate of drug-likeness (QED) is 0.817. The molecule has 0 aromatic heterocycles. The standard InChI is InChI=1S/C18H20N2O3/c1-23-16-10-6-5-9-15(16)12-19-18(22)13-20-17(21)11-14-7-3-2-4-8-14/h2-10H,11-13H2,1H3,(H,19,22)(H,20,21). The van der Waals surface area contributed by atoms with Crippen LogP contribution < -0.4 is 15.4 Å². The van der Waals surface area contributed by atoms with Crippen molar-refractivity contribution in [3.63, 3.8) is 0 Å². The zero-order valence-electron chi connectivity index (χ0n) is 13.0. The molecular formula is C18H20N2O3. The number of carbonyl (C=O) groups is 2. The first-order valence-electron chi connectivity index (χ1n) is 7.38. The van der Waals surface area contributed by atoms with E-state index in [-0.39, 0.29) is 24.8 Å². The third-order valence-corrected chi connectivity index (χ3v) is 3.32. The lowest BCUT2D eigenvalue weighted by Crippen LogP contribution is -2.37. The van der Waals surface area contributed by atoms with Crippen molar-refractivity contribution in [2.24, 2.45) is 0 Å². The van der Waals surface area contributed by atoms with Crippen LogP contribution in [0.3, 0.4) is 0 Å². The second kappa shape index (κ2) is 8.58. The molecule has 0 atom stereocenters. The van der Waals surface area contributed by atoms with Gasteiger partial charge >= 0.3 is 0 Å². The van der Waals surface area contributed by atoms with Crippen LogP contribution in [-0.4, -0.2) is 25.5 Å². The van der Waals surface area contributed by atoms with Crippen LogP contribution in [0.5, 0.6) is 5.75 Å². The fourth-order valence-corrected chi connectivity index (χ4v) is 2.13. The zero-order chi connectivity index (χ0) is 16.5. The Morgan fingerprint density at radius 2 is 1.61 bits per heavy atom. The number of hydrogen-bond acceptors (Lipinski definition) is 3. The van der Waals surface area contributed by atoms with Gasteiger partial charge in [-0.1, -0.05) is 48.5 Å². The molecule has 2 aromatic rings. The Labute approximate surface area is 135 Å². The van der Waals surface area contributed by atoms with Crippen LogP contribution in [0.4, 0.5) is 0 Å². The zero-order valence-corrected chi connectivity index (χ0v) is 13.0. The summed E-state index contributed by atoms with van der Waals surface area (Å²) < 4.78 is 5.22. The number of para-hydroxylation sites is 1. The van der Waals surface area contributed by atoms with Crippen molar-refractivity contribution < 1.29 is 14.3 Å². The Hall–Kier alpha value is -2.82. The Balaban J connectivity index is 1.74. The van der Waals surface area contributed by atoms with Crippen molar-refractivity contribution in [1.82, 2.24) is 10.6 Å². The fraction of sp³-hybridized carbons (Fsp3) is 0.222. The van der Waals surface area contributed by atoms with E-state index in [0.29, 0.717) is 6.54 Å². The molecule has 2 amide bonds. The average Bonchev–Trinajstić information content (AvgIpc) is 2.59. The van der Waals surface area contributed by atoms with Gasteiger partial charge in [0, 0.05) is 12.1 Å². The third kappa shape index (κ3) is 5.47. The molecule has 0 aliphatic heterocycles. The maximum atomic E-state index is 11.8. The van der Waals surface area contributed by atoms with Crippen LogP contribution in [0, 0.1) is 0 Å². The SMILES string of the molecule is COc1ccccc1CNC(=O)CNC(=O)Cc1ccccc1. The van der Waals surface area contributed by atoms with Crippen LogP contribution in [-0.2, 0) is 22.6 Å². The number of rotatable bonds is 7. The normalized spacial score (nSPS) is 9.96. The Morgan fingerprint density at radius 1 is 0.913 bits per heavy atom. The molecule has 2 N–H and O–H groups in total. The molecule has 0 bridgehead atoms. The molecule has 0 spiro atoms. The monoisotopic (exact) mass is 312 g/mol. The minimum atomic E-state index is -0.239. The van der Waals surface area contributed by atoms with Gasteiger partial charge in [-0.25, -0.2) is 0 Å². The summed E-state index contributed by atoms with van der Waals surface area (Å²) in [4.78, 5) is 23.6. The van der Waals surface area contributed by atoms with Gasteiger partial charge < -0.3 is 15.4 Å². The van der Waals surface area contributed by atoms with Crippen LogP contribution in [0.15, 0.2) is 54.6 Å². The summed E-state index contributed by atoms with van der Waals surface area (Å²) in [6.07, 6.45) is 0.265. The lowest BCUT2D eigenvalue weighted by molar-refractivity contribution is -0.125. The molecule has 0 unspecified atom stereocenters. The minimum absolute atomic E-state index is 0.0409. The van der Waals surface area contributed by atoms with Crippen LogP contribution in [0.1, 0.15) is 11.1 Å². The first kappa shape index (κ1) is 16.5. The predicted octanol–water partition coefficient (Wildman–Crippen LogP) is 1.67. The highest BCUT2D eigenvalue weighted by molar-refractivity contribution is 5.85. The Kier molecular flexibility index (Phi) is 6.17. The molecule has 120 valence electrons. The third-order valence-electron chi connectivity index (χ3n) is 3.32. The van der Waals surface area contributed by atoms with Crippen molar-refractivity contribution >= 4 is 11.8 Å². The number of carbonyl (C=O) groups excluding carboxylic acids is 2. The summed E-state index contributed by atoms with van der Waals surface area (Å²) in [7, 11) is 1.59. The van der Waals surface area contributed by atoms with Crippen LogP contribution in [0.25, 0.3) is 0 Å². The molecule has 5 heteroatoms. The molecule has 0 fully saturated rings. The van der Waals surface area contributed by atoms with Gasteiger partial charge in [-0.3, -0.25) is 9.59 Å². The van der Waals surface area contributed by atoms with E-state index >= 15 is 0 Å².